The fourth-order valence-electron chi connectivity index (χ4n) is 2.17. The van der Waals surface area contributed by atoms with Gasteiger partial charge in [-0.05, 0) is 6.92 Å². The third-order valence-electron chi connectivity index (χ3n) is 3.27. The molecule has 1 atom stereocenters. The van der Waals surface area contributed by atoms with Crippen LogP contribution in [0.4, 0.5) is 0 Å². The van der Waals surface area contributed by atoms with Gasteiger partial charge in [0.15, 0.2) is 5.78 Å². The first-order chi connectivity index (χ1) is 9.00. The van der Waals surface area contributed by atoms with Gasteiger partial charge in [-0.15, -0.1) is 0 Å². The normalized spacial score (nSPS) is 12.4. The van der Waals surface area contributed by atoms with E-state index < -0.39 is 0 Å². The Kier molecular flexibility index (Phi) is 4.05. The average Bonchev–Trinajstić information content (AvgIpc) is 2.65. The highest BCUT2D eigenvalue weighted by molar-refractivity contribution is 6.31. The van der Waals surface area contributed by atoms with Gasteiger partial charge >= 0.3 is 0 Å². The van der Waals surface area contributed by atoms with Crippen LogP contribution in [0.5, 0.6) is 0 Å². The van der Waals surface area contributed by atoms with Gasteiger partial charge in [0.05, 0.1) is 16.4 Å². The summed E-state index contributed by atoms with van der Waals surface area (Å²) >= 11 is 6.21. The fraction of sp³-hybridized carbons (Fsp3) is 0.333. The number of nitrogens with zero attached hydrogens (tertiary/aromatic N) is 2. The number of hydrogen-bond donors (Lipinski definition) is 0. The average molecular weight is 277 g/mol. The molecule has 0 fully saturated rings. The van der Waals surface area contributed by atoms with E-state index in [1.165, 1.54) is 0 Å². The number of aromatic nitrogens is 2. The molecule has 2 rings (SSSR count). The van der Waals surface area contributed by atoms with Gasteiger partial charge < -0.3 is 0 Å². The molecule has 19 heavy (non-hydrogen) atoms. The maximum absolute atomic E-state index is 12.3. The summed E-state index contributed by atoms with van der Waals surface area (Å²) in [5.41, 5.74) is 2.46. The van der Waals surface area contributed by atoms with Crippen LogP contribution in [0.1, 0.15) is 28.7 Å². The number of ketones is 1. The first-order valence-electron chi connectivity index (χ1n) is 6.28. The van der Waals surface area contributed by atoms with Crippen LogP contribution in [0, 0.1) is 12.8 Å². The lowest BCUT2D eigenvalue weighted by atomic mass is 9.95. The van der Waals surface area contributed by atoms with Gasteiger partial charge in [-0.2, -0.15) is 5.10 Å². The molecule has 0 radical (unpaired) electrons. The van der Waals surface area contributed by atoms with E-state index in [-0.39, 0.29) is 11.7 Å². The predicted molar refractivity (Wildman–Crippen MR) is 76.6 cm³/mol. The van der Waals surface area contributed by atoms with Crippen LogP contribution in [0.3, 0.4) is 0 Å². The molecule has 1 heterocycles. The van der Waals surface area contributed by atoms with Crippen molar-refractivity contribution in [3.63, 3.8) is 0 Å². The lowest BCUT2D eigenvalue weighted by Gasteiger charge is -2.11. The quantitative estimate of drug-likeness (QED) is 0.802. The van der Waals surface area contributed by atoms with E-state index in [1.54, 1.807) is 4.68 Å². The Morgan fingerprint density at radius 1 is 1.37 bits per heavy atom. The van der Waals surface area contributed by atoms with Gasteiger partial charge in [0, 0.05) is 24.9 Å². The molecular weight excluding hydrogens is 260 g/mol. The monoisotopic (exact) mass is 276 g/mol. The van der Waals surface area contributed by atoms with Crippen LogP contribution in [0.25, 0.3) is 0 Å². The minimum Gasteiger partial charge on any atom is -0.294 e. The van der Waals surface area contributed by atoms with Gasteiger partial charge in [0.1, 0.15) is 0 Å². The molecule has 0 aliphatic carbocycles. The van der Waals surface area contributed by atoms with Crippen molar-refractivity contribution in [2.24, 2.45) is 13.0 Å². The van der Waals surface area contributed by atoms with E-state index >= 15 is 0 Å². The Balaban J connectivity index is 2.17. The van der Waals surface area contributed by atoms with E-state index in [2.05, 4.69) is 5.10 Å². The second kappa shape index (κ2) is 5.57. The molecule has 4 heteroatoms. The Hall–Kier alpha value is -1.61. The van der Waals surface area contributed by atoms with Crippen molar-refractivity contribution in [1.82, 2.24) is 9.78 Å². The highest BCUT2D eigenvalue weighted by atomic mass is 35.5. The van der Waals surface area contributed by atoms with E-state index in [9.17, 15) is 4.79 Å². The van der Waals surface area contributed by atoms with Crippen molar-refractivity contribution in [2.75, 3.05) is 0 Å². The summed E-state index contributed by atoms with van der Waals surface area (Å²) in [7, 11) is 1.86. The van der Waals surface area contributed by atoms with Gasteiger partial charge in [0.2, 0.25) is 0 Å². The molecule has 0 bridgehead atoms. The zero-order valence-corrected chi connectivity index (χ0v) is 12.1. The molecule has 0 saturated heterocycles. The number of halogens is 1. The van der Waals surface area contributed by atoms with Crippen molar-refractivity contribution in [2.45, 2.75) is 20.3 Å². The number of benzene rings is 1. The maximum atomic E-state index is 12.3. The first kappa shape index (κ1) is 13.8. The van der Waals surface area contributed by atoms with Gasteiger partial charge in [-0.3, -0.25) is 9.48 Å². The number of hydrogen-bond acceptors (Lipinski definition) is 2. The Morgan fingerprint density at radius 2 is 2.00 bits per heavy atom. The summed E-state index contributed by atoms with van der Waals surface area (Å²) in [6.45, 7) is 3.80. The molecule has 3 nitrogen and oxygen atoms in total. The second-order valence-corrected chi connectivity index (χ2v) is 5.18. The van der Waals surface area contributed by atoms with Crippen molar-refractivity contribution in [3.05, 3.63) is 52.3 Å². The molecule has 0 spiro atoms. The maximum Gasteiger partial charge on any atom is 0.166 e. The second-order valence-electron chi connectivity index (χ2n) is 4.81. The molecule has 1 unspecified atom stereocenters. The van der Waals surface area contributed by atoms with Crippen LogP contribution in [0.2, 0.25) is 5.02 Å². The summed E-state index contributed by atoms with van der Waals surface area (Å²) in [4.78, 5) is 12.3. The first-order valence-corrected chi connectivity index (χ1v) is 6.65. The summed E-state index contributed by atoms with van der Waals surface area (Å²) in [5, 5.41) is 4.93. The minimum absolute atomic E-state index is 0.116. The van der Waals surface area contributed by atoms with Crippen LogP contribution >= 0.6 is 11.6 Å². The fourth-order valence-corrected chi connectivity index (χ4v) is 2.41. The molecule has 2 aromatic rings. The molecule has 0 N–H and O–H groups in total. The summed E-state index contributed by atoms with van der Waals surface area (Å²) in [6.07, 6.45) is 0.601. The third kappa shape index (κ3) is 2.87. The lowest BCUT2D eigenvalue weighted by molar-refractivity contribution is 0.0928. The van der Waals surface area contributed by atoms with Gasteiger partial charge in [0.25, 0.3) is 0 Å². The minimum atomic E-state index is -0.116. The van der Waals surface area contributed by atoms with Gasteiger partial charge in [-0.1, -0.05) is 48.9 Å². The van der Waals surface area contributed by atoms with Crippen LogP contribution in [0.15, 0.2) is 30.3 Å². The highest BCUT2D eigenvalue weighted by Gasteiger charge is 2.20. The molecular formula is C15H17ClN2O. The van der Waals surface area contributed by atoms with Crippen LogP contribution in [-0.4, -0.2) is 15.6 Å². The number of rotatable bonds is 4. The Bertz CT molecular complexity index is 590. The Labute approximate surface area is 118 Å². The van der Waals surface area contributed by atoms with E-state index in [1.807, 2.05) is 51.2 Å². The molecule has 100 valence electrons. The number of Topliss-reactive ketones (excluding diaryl/α,β-unsaturated/α-hetero) is 1. The molecule has 0 amide bonds. The molecule has 1 aromatic carbocycles. The van der Waals surface area contributed by atoms with E-state index in [4.69, 9.17) is 11.6 Å². The Morgan fingerprint density at radius 3 is 2.53 bits per heavy atom. The van der Waals surface area contributed by atoms with Crippen molar-refractivity contribution < 1.29 is 4.79 Å². The molecule has 0 aliphatic rings. The van der Waals surface area contributed by atoms with Gasteiger partial charge in [-0.25, -0.2) is 0 Å². The predicted octanol–water partition coefficient (Wildman–Crippen LogP) is 3.44. The zero-order valence-electron chi connectivity index (χ0n) is 11.4. The smallest absolute Gasteiger partial charge is 0.166 e. The number of aryl methyl sites for hydroxylation is 2. The van der Waals surface area contributed by atoms with Crippen molar-refractivity contribution >= 4 is 17.4 Å². The standard InChI is InChI=1S/C15H17ClN2O/c1-10(15(19)12-7-5-4-6-8-12)9-13-14(16)11(2)17-18(13)3/h4-8,10H,9H2,1-3H3. The van der Waals surface area contributed by atoms with Crippen LogP contribution < -0.4 is 0 Å². The van der Waals surface area contributed by atoms with Crippen LogP contribution in [-0.2, 0) is 13.5 Å². The zero-order chi connectivity index (χ0) is 14.0. The highest BCUT2D eigenvalue weighted by Crippen LogP contribution is 2.23. The number of carbonyl (C=O) groups is 1. The van der Waals surface area contributed by atoms with Crippen molar-refractivity contribution in [1.29, 1.82) is 0 Å². The third-order valence-corrected chi connectivity index (χ3v) is 3.76. The van der Waals surface area contributed by atoms with E-state index in [0.717, 1.165) is 17.0 Å². The van der Waals surface area contributed by atoms with Crippen molar-refractivity contribution in [3.8, 4) is 0 Å². The SMILES string of the molecule is Cc1nn(C)c(CC(C)C(=O)c2ccccc2)c1Cl. The summed E-state index contributed by atoms with van der Waals surface area (Å²) < 4.78 is 1.76. The molecule has 0 saturated carbocycles. The summed E-state index contributed by atoms with van der Waals surface area (Å²) in [6, 6.07) is 9.34. The molecule has 1 aromatic heterocycles. The largest absolute Gasteiger partial charge is 0.294 e. The molecule has 0 aliphatic heterocycles. The topological polar surface area (TPSA) is 34.9 Å². The lowest BCUT2D eigenvalue weighted by Crippen LogP contribution is -2.16. The van der Waals surface area contributed by atoms with E-state index in [0.29, 0.717) is 11.4 Å². The summed E-state index contributed by atoms with van der Waals surface area (Å²) in [5.74, 6) is 0.0187. The number of carbonyl (C=O) groups excluding carboxylic acids is 1.